The number of nitro benzene ring substituents is 1. The molecule has 0 bridgehead atoms. The van der Waals surface area contributed by atoms with Gasteiger partial charge in [-0.05, 0) is 44.9 Å². The molecule has 1 unspecified atom stereocenters. The molecule has 1 aromatic rings. The third-order valence-corrected chi connectivity index (χ3v) is 4.49. The molecule has 1 amide bonds. The number of piperidine rings is 1. The van der Waals surface area contributed by atoms with Crippen LogP contribution in [0.1, 0.15) is 43.0 Å². The summed E-state index contributed by atoms with van der Waals surface area (Å²) in [6.07, 6.45) is 4.65. The Morgan fingerprint density at radius 1 is 1.46 bits per heavy atom. The van der Waals surface area contributed by atoms with Crippen LogP contribution in [0, 0.1) is 10.1 Å². The van der Waals surface area contributed by atoms with Crippen molar-refractivity contribution in [1.82, 2.24) is 10.2 Å². The van der Waals surface area contributed by atoms with Gasteiger partial charge in [-0.1, -0.05) is 6.42 Å². The number of methoxy groups -OCH3 is 1. The standard InChI is InChI=1S/C17H25N3O4/c1-13-6-3-4-10-19(13)11-5-9-18-17(21)14-7-8-16(24-2)15(12-14)20(22)23/h7-8,12-13H,3-6,9-11H2,1-2H3,(H,18,21). The molecule has 1 saturated heterocycles. The van der Waals surface area contributed by atoms with E-state index in [1.54, 1.807) is 0 Å². The molecule has 0 spiro atoms. The predicted octanol–water partition coefficient (Wildman–Crippen LogP) is 2.60. The highest BCUT2D eigenvalue weighted by molar-refractivity contribution is 5.95. The average Bonchev–Trinajstić information content (AvgIpc) is 2.59. The second-order valence-corrected chi connectivity index (χ2v) is 6.13. The lowest BCUT2D eigenvalue weighted by molar-refractivity contribution is -0.385. The van der Waals surface area contributed by atoms with E-state index in [-0.39, 0.29) is 22.9 Å². The lowest BCUT2D eigenvalue weighted by Gasteiger charge is -2.33. The highest BCUT2D eigenvalue weighted by atomic mass is 16.6. The normalized spacial score (nSPS) is 18.2. The summed E-state index contributed by atoms with van der Waals surface area (Å²) >= 11 is 0. The van der Waals surface area contributed by atoms with E-state index < -0.39 is 4.92 Å². The van der Waals surface area contributed by atoms with E-state index in [1.807, 2.05) is 0 Å². The van der Waals surface area contributed by atoms with E-state index in [1.165, 1.54) is 44.6 Å². The molecule has 0 aliphatic carbocycles. The molecule has 1 aliphatic rings. The van der Waals surface area contributed by atoms with Crippen LogP contribution in [0.15, 0.2) is 18.2 Å². The van der Waals surface area contributed by atoms with Crippen LogP contribution < -0.4 is 10.1 Å². The Bertz CT molecular complexity index is 591. The molecule has 2 rings (SSSR count). The largest absolute Gasteiger partial charge is 0.490 e. The summed E-state index contributed by atoms with van der Waals surface area (Å²) < 4.78 is 4.94. The first-order valence-electron chi connectivity index (χ1n) is 8.37. The zero-order chi connectivity index (χ0) is 17.5. The van der Waals surface area contributed by atoms with Gasteiger partial charge >= 0.3 is 5.69 Å². The number of hydrogen-bond acceptors (Lipinski definition) is 5. The van der Waals surface area contributed by atoms with E-state index in [9.17, 15) is 14.9 Å². The Hall–Kier alpha value is -2.15. The Balaban J connectivity index is 1.84. The van der Waals surface area contributed by atoms with Gasteiger partial charge in [0.25, 0.3) is 5.91 Å². The summed E-state index contributed by atoms with van der Waals surface area (Å²) in [6.45, 7) is 4.89. The van der Waals surface area contributed by atoms with Gasteiger partial charge in [0.15, 0.2) is 5.75 Å². The van der Waals surface area contributed by atoms with E-state index in [4.69, 9.17) is 4.74 Å². The first-order chi connectivity index (χ1) is 11.5. The van der Waals surface area contributed by atoms with Gasteiger partial charge in [-0.25, -0.2) is 0 Å². The number of ether oxygens (including phenoxy) is 1. The molecular formula is C17H25N3O4. The molecule has 132 valence electrons. The molecule has 7 nitrogen and oxygen atoms in total. The van der Waals surface area contributed by atoms with Gasteiger partial charge in [0.1, 0.15) is 0 Å². The van der Waals surface area contributed by atoms with Crippen molar-refractivity contribution in [2.24, 2.45) is 0 Å². The van der Waals surface area contributed by atoms with Crippen molar-refractivity contribution in [2.75, 3.05) is 26.7 Å². The third kappa shape index (κ3) is 4.67. The van der Waals surface area contributed by atoms with Crippen molar-refractivity contribution >= 4 is 11.6 Å². The smallest absolute Gasteiger partial charge is 0.311 e. The van der Waals surface area contributed by atoms with Crippen molar-refractivity contribution in [3.05, 3.63) is 33.9 Å². The van der Waals surface area contributed by atoms with Crippen molar-refractivity contribution in [2.45, 2.75) is 38.6 Å². The fourth-order valence-electron chi connectivity index (χ4n) is 3.05. The highest BCUT2D eigenvalue weighted by Gasteiger charge is 2.19. The number of amides is 1. The van der Waals surface area contributed by atoms with Crippen molar-refractivity contribution in [1.29, 1.82) is 0 Å². The van der Waals surface area contributed by atoms with Crippen LogP contribution in [-0.2, 0) is 0 Å². The van der Waals surface area contributed by atoms with Crippen LogP contribution in [-0.4, -0.2) is 48.5 Å². The van der Waals surface area contributed by atoms with Gasteiger partial charge in [0.05, 0.1) is 12.0 Å². The lowest BCUT2D eigenvalue weighted by Crippen LogP contribution is -2.39. The van der Waals surface area contributed by atoms with Crippen molar-refractivity contribution in [3.63, 3.8) is 0 Å². The number of hydrogen-bond donors (Lipinski definition) is 1. The summed E-state index contributed by atoms with van der Waals surface area (Å²) in [4.78, 5) is 25.1. The minimum atomic E-state index is -0.548. The van der Waals surface area contributed by atoms with E-state index >= 15 is 0 Å². The molecule has 24 heavy (non-hydrogen) atoms. The van der Waals surface area contributed by atoms with Gasteiger partial charge in [-0.3, -0.25) is 14.9 Å². The average molecular weight is 335 g/mol. The van der Waals surface area contributed by atoms with Gasteiger partial charge in [0, 0.05) is 30.8 Å². The summed E-state index contributed by atoms with van der Waals surface area (Å²) in [5.41, 5.74) is 0.0705. The molecule has 1 fully saturated rings. The van der Waals surface area contributed by atoms with Crippen LogP contribution >= 0.6 is 0 Å². The number of benzene rings is 1. The van der Waals surface area contributed by atoms with Crippen LogP contribution in [0.4, 0.5) is 5.69 Å². The first-order valence-corrected chi connectivity index (χ1v) is 8.37. The number of nitrogens with zero attached hydrogens (tertiary/aromatic N) is 2. The zero-order valence-electron chi connectivity index (χ0n) is 14.3. The van der Waals surface area contributed by atoms with Gasteiger partial charge in [-0.15, -0.1) is 0 Å². The summed E-state index contributed by atoms with van der Waals surface area (Å²) in [7, 11) is 1.36. The fraction of sp³-hybridized carbons (Fsp3) is 0.588. The zero-order valence-corrected chi connectivity index (χ0v) is 14.3. The number of likely N-dealkylation sites (tertiary alicyclic amines) is 1. The summed E-state index contributed by atoms with van der Waals surface area (Å²) in [6, 6.07) is 4.84. The van der Waals surface area contributed by atoms with Crippen LogP contribution in [0.3, 0.4) is 0 Å². The van der Waals surface area contributed by atoms with Gasteiger partial charge < -0.3 is 15.0 Å². The van der Waals surface area contributed by atoms with E-state index in [2.05, 4.69) is 17.1 Å². The number of carbonyl (C=O) groups is 1. The Kier molecular flexibility index (Phi) is 6.54. The summed E-state index contributed by atoms with van der Waals surface area (Å²) in [5.74, 6) is -0.150. The minimum absolute atomic E-state index is 0.149. The number of carbonyl (C=O) groups excluding carboxylic acids is 1. The maximum Gasteiger partial charge on any atom is 0.311 e. The Morgan fingerprint density at radius 3 is 2.92 bits per heavy atom. The molecular weight excluding hydrogens is 310 g/mol. The van der Waals surface area contributed by atoms with Gasteiger partial charge in [0.2, 0.25) is 0 Å². The quantitative estimate of drug-likeness (QED) is 0.470. The van der Waals surface area contributed by atoms with Gasteiger partial charge in [-0.2, -0.15) is 0 Å². The highest BCUT2D eigenvalue weighted by Crippen LogP contribution is 2.27. The maximum absolute atomic E-state index is 12.1. The van der Waals surface area contributed by atoms with E-state index in [0.29, 0.717) is 12.6 Å². The molecule has 1 heterocycles. The number of nitrogens with one attached hydrogen (secondary N) is 1. The van der Waals surface area contributed by atoms with Crippen molar-refractivity contribution < 1.29 is 14.5 Å². The molecule has 1 N–H and O–H groups in total. The fourth-order valence-corrected chi connectivity index (χ4v) is 3.05. The molecule has 1 atom stereocenters. The monoisotopic (exact) mass is 335 g/mol. The van der Waals surface area contributed by atoms with Crippen LogP contribution in [0.25, 0.3) is 0 Å². The van der Waals surface area contributed by atoms with Crippen LogP contribution in [0.5, 0.6) is 5.75 Å². The maximum atomic E-state index is 12.1. The molecule has 0 radical (unpaired) electrons. The third-order valence-electron chi connectivity index (χ3n) is 4.49. The van der Waals surface area contributed by atoms with Crippen LogP contribution in [0.2, 0.25) is 0 Å². The van der Waals surface area contributed by atoms with E-state index in [0.717, 1.165) is 19.5 Å². The molecule has 0 saturated carbocycles. The molecule has 7 heteroatoms. The summed E-state index contributed by atoms with van der Waals surface area (Å²) in [5, 5.41) is 13.8. The van der Waals surface area contributed by atoms with Crippen molar-refractivity contribution in [3.8, 4) is 5.75 Å². The Morgan fingerprint density at radius 2 is 2.25 bits per heavy atom. The lowest BCUT2D eigenvalue weighted by atomic mass is 10.0. The first kappa shape index (κ1) is 18.2. The number of rotatable bonds is 7. The topological polar surface area (TPSA) is 84.7 Å². The SMILES string of the molecule is COc1ccc(C(=O)NCCCN2CCCCC2C)cc1[N+](=O)[O-]. The molecule has 1 aromatic carbocycles. The Labute approximate surface area is 142 Å². The molecule has 0 aromatic heterocycles. The second kappa shape index (κ2) is 8.63. The second-order valence-electron chi connectivity index (χ2n) is 6.13. The predicted molar refractivity (Wildman–Crippen MR) is 91.5 cm³/mol. The number of nitro groups is 1. The molecule has 1 aliphatic heterocycles. The minimum Gasteiger partial charge on any atom is -0.490 e.